The molecule has 2 aromatic rings. The standard InChI is InChI=1S/C16H13NO2/c18-16-17-15(13-9-5-2-6-10-13)14(19-16)11-12-7-3-1-4-8-12/h1-11,15H,(H,17,18)/b14-11+. The van der Waals surface area contributed by atoms with Gasteiger partial charge in [0.05, 0.1) is 0 Å². The third-order valence-electron chi connectivity index (χ3n) is 3.00. The highest BCUT2D eigenvalue weighted by molar-refractivity contribution is 5.75. The maximum absolute atomic E-state index is 11.5. The van der Waals surface area contributed by atoms with Crippen molar-refractivity contribution >= 4 is 12.2 Å². The van der Waals surface area contributed by atoms with Gasteiger partial charge in [-0.15, -0.1) is 0 Å². The predicted octanol–water partition coefficient (Wildman–Crippen LogP) is 3.51. The third kappa shape index (κ3) is 2.50. The molecule has 0 aliphatic carbocycles. The monoisotopic (exact) mass is 251 g/mol. The number of nitrogens with one attached hydrogen (secondary N) is 1. The molecule has 1 atom stereocenters. The maximum atomic E-state index is 11.5. The Morgan fingerprint density at radius 2 is 1.58 bits per heavy atom. The van der Waals surface area contributed by atoms with E-state index in [0.717, 1.165) is 11.1 Å². The van der Waals surface area contributed by atoms with Crippen molar-refractivity contribution in [2.45, 2.75) is 6.04 Å². The second kappa shape index (κ2) is 4.98. The number of alkyl carbamates (subject to hydrolysis) is 1. The van der Waals surface area contributed by atoms with Gasteiger partial charge >= 0.3 is 6.09 Å². The molecule has 0 saturated carbocycles. The molecule has 94 valence electrons. The largest absolute Gasteiger partial charge is 0.413 e. The summed E-state index contributed by atoms with van der Waals surface area (Å²) in [5.41, 5.74) is 2.02. The fourth-order valence-electron chi connectivity index (χ4n) is 2.10. The van der Waals surface area contributed by atoms with E-state index in [0.29, 0.717) is 5.76 Å². The number of carbonyl (C=O) groups excluding carboxylic acids is 1. The molecule has 0 radical (unpaired) electrons. The molecular weight excluding hydrogens is 238 g/mol. The number of benzene rings is 2. The summed E-state index contributed by atoms with van der Waals surface area (Å²) in [5, 5.41) is 2.81. The average Bonchev–Trinajstić information content (AvgIpc) is 2.82. The van der Waals surface area contributed by atoms with Crippen LogP contribution in [0.1, 0.15) is 17.2 Å². The molecule has 1 amide bonds. The number of hydrogen-bond donors (Lipinski definition) is 1. The Morgan fingerprint density at radius 1 is 0.947 bits per heavy atom. The molecular formula is C16H13NO2. The minimum absolute atomic E-state index is 0.214. The van der Waals surface area contributed by atoms with E-state index >= 15 is 0 Å². The summed E-state index contributed by atoms with van der Waals surface area (Å²) in [6, 6.07) is 19.4. The molecule has 2 aromatic carbocycles. The molecule has 3 rings (SSSR count). The molecule has 3 nitrogen and oxygen atoms in total. The lowest BCUT2D eigenvalue weighted by Gasteiger charge is -2.09. The van der Waals surface area contributed by atoms with Crippen LogP contribution in [0.25, 0.3) is 6.08 Å². The number of hydrogen-bond acceptors (Lipinski definition) is 2. The number of cyclic esters (lactones) is 1. The Morgan fingerprint density at radius 3 is 2.26 bits per heavy atom. The van der Waals surface area contributed by atoms with Gasteiger partial charge < -0.3 is 10.1 Å². The summed E-state index contributed by atoms with van der Waals surface area (Å²) in [6.07, 6.45) is 1.48. The average molecular weight is 251 g/mol. The van der Waals surface area contributed by atoms with Crippen LogP contribution >= 0.6 is 0 Å². The number of ether oxygens (including phenoxy) is 1. The van der Waals surface area contributed by atoms with Crippen LogP contribution in [0, 0.1) is 0 Å². The molecule has 0 aromatic heterocycles. The minimum Gasteiger partial charge on any atom is -0.412 e. The van der Waals surface area contributed by atoms with Gasteiger partial charge in [0.25, 0.3) is 0 Å². The van der Waals surface area contributed by atoms with Gasteiger partial charge in [0.2, 0.25) is 0 Å². The van der Waals surface area contributed by atoms with Crippen molar-refractivity contribution in [3.8, 4) is 0 Å². The van der Waals surface area contributed by atoms with Crippen LogP contribution in [0.15, 0.2) is 66.4 Å². The Hall–Kier alpha value is -2.55. The Balaban J connectivity index is 1.95. The van der Waals surface area contributed by atoms with Gasteiger partial charge in [-0.1, -0.05) is 60.7 Å². The molecule has 19 heavy (non-hydrogen) atoms. The van der Waals surface area contributed by atoms with E-state index in [2.05, 4.69) is 5.32 Å². The molecule has 1 unspecified atom stereocenters. The van der Waals surface area contributed by atoms with Crippen LogP contribution in [-0.4, -0.2) is 6.09 Å². The van der Waals surface area contributed by atoms with Crippen LogP contribution < -0.4 is 5.32 Å². The zero-order valence-electron chi connectivity index (χ0n) is 10.2. The van der Waals surface area contributed by atoms with Crippen molar-refractivity contribution in [2.24, 2.45) is 0 Å². The van der Waals surface area contributed by atoms with Crippen molar-refractivity contribution in [3.63, 3.8) is 0 Å². The van der Waals surface area contributed by atoms with Crippen LogP contribution in [0.4, 0.5) is 4.79 Å². The molecule has 1 saturated heterocycles. The van der Waals surface area contributed by atoms with E-state index in [9.17, 15) is 4.79 Å². The molecule has 0 bridgehead atoms. The molecule has 1 aliphatic heterocycles. The second-order valence-corrected chi connectivity index (χ2v) is 4.33. The maximum Gasteiger partial charge on any atom is 0.413 e. The molecule has 0 spiro atoms. The number of carbonyl (C=O) groups is 1. The highest BCUT2D eigenvalue weighted by Crippen LogP contribution is 2.29. The number of rotatable bonds is 2. The van der Waals surface area contributed by atoms with Crippen LogP contribution in [0.3, 0.4) is 0 Å². The van der Waals surface area contributed by atoms with Crippen LogP contribution in [0.2, 0.25) is 0 Å². The van der Waals surface area contributed by atoms with E-state index in [4.69, 9.17) is 4.74 Å². The lowest BCUT2D eigenvalue weighted by molar-refractivity contribution is 0.195. The fourth-order valence-corrected chi connectivity index (χ4v) is 2.10. The molecule has 1 N–H and O–H groups in total. The van der Waals surface area contributed by atoms with E-state index in [-0.39, 0.29) is 6.04 Å². The summed E-state index contributed by atoms with van der Waals surface area (Å²) in [4.78, 5) is 11.5. The van der Waals surface area contributed by atoms with Gasteiger partial charge in [-0.2, -0.15) is 0 Å². The third-order valence-corrected chi connectivity index (χ3v) is 3.00. The first-order valence-electron chi connectivity index (χ1n) is 6.13. The highest BCUT2D eigenvalue weighted by atomic mass is 16.6. The van der Waals surface area contributed by atoms with Crippen molar-refractivity contribution in [1.82, 2.24) is 5.32 Å². The lowest BCUT2D eigenvalue weighted by Crippen LogP contribution is -2.17. The van der Waals surface area contributed by atoms with E-state index in [1.54, 1.807) is 0 Å². The Labute approximate surface area is 111 Å². The van der Waals surface area contributed by atoms with Gasteiger partial charge in [0, 0.05) is 0 Å². The predicted molar refractivity (Wildman–Crippen MR) is 73.2 cm³/mol. The summed E-state index contributed by atoms with van der Waals surface area (Å²) < 4.78 is 5.24. The summed E-state index contributed by atoms with van der Waals surface area (Å²) in [6.45, 7) is 0. The summed E-state index contributed by atoms with van der Waals surface area (Å²) in [5.74, 6) is 0.627. The van der Waals surface area contributed by atoms with Gasteiger partial charge in [-0.05, 0) is 17.2 Å². The lowest BCUT2D eigenvalue weighted by atomic mass is 10.0. The van der Waals surface area contributed by atoms with Crippen LogP contribution in [0.5, 0.6) is 0 Å². The Kier molecular flexibility index (Phi) is 3.02. The van der Waals surface area contributed by atoms with Crippen molar-refractivity contribution in [3.05, 3.63) is 77.5 Å². The smallest absolute Gasteiger partial charge is 0.412 e. The zero-order valence-corrected chi connectivity index (χ0v) is 10.2. The minimum atomic E-state index is -0.406. The first-order valence-corrected chi connectivity index (χ1v) is 6.13. The van der Waals surface area contributed by atoms with E-state index < -0.39 is 6.09 Å². The topological polar surface area (TPSA) is 38.3 Å². The molecule has 3 heteroatoms. The van der Waals surface area contributed by atoms with Crippen LogP contribution in [-0.2, 0) is 4.74 Å². The first kappa shape index (κ1) is 11.5. The van der Waals surface area contributed by atoms with Crippen molar-refractivity contribution < 1.29 is 9.53 Å². The van der Waals surface area contributed by atoms with Gasteiger partial charge in [-0.3, -0.25) is 0 Å². The molecule has 1 heterocycles. The number of amides is 1. The first-order chi connectivity index (χ1) is 9.33. The molecule has 1 fully saturated rings. The molecule has 1 aliphatic rings. The summed E-state index contributed by atoms with van der Waals surface area (Å²) >= 11 is 0. The SMILES string of the molecule is O=C1NC(c2ccccc2)/C(=C\c2ccccc2)O1. The van der Waals surface area contributed by atoms with Gasteiger partial charge in [0.1, 0.15) is 11.8 Å². The van der Waals surface area contributed by atoms with Crippen molar-refractivity contribution in [2.75, 3.05) is 0 Å². The quantitative estimate of drug-likeness (QED) is 0.887. The zero-order chi connectivity index (χ0) is 13.1. The van der Waals surface area contributed by atoms with E-state index in [1.165, 1.54) is 0 Å². The Bertz CT molecular complexity index is 605. The van der Waals surface area contributed by atoms with Gasteiger partial charge in [0.15, 0.2) is 0 Å². The van der Waals surface area contributed by atoms with E-state index in [1.807, 2.05) is 66.7 Å². The highest BCUT2D eigenvalue weighted by Gasteiger charge is 2.29. The van der Waals surface area contributed by atoms with Crippen molar-refractivity contribution in [1.29, 1.82) is 0 Å². The van der Waals surface area contributed by atoms with Gasteiger partial charge in [-0.25, -0.2) is 4.79 Å². The fraction of sp³-hybridized carbons (Fsp3) is 0.0625. The summed E-state index contributed by atoms with van der Waals surface area (Å²) in [7, 11) is 0. The second-order valence-electron chi connectivity index (χ2n) is 4.33. The normalized spacial score (nSPS) is 20.1.